The molecule has 1 aliphatic carbocycles. The van der Waals surface area contributed by atoms with E-state index in [1.165, 1.54) is 4.90 Å². The molecule has 1 saturated carbocycles. The minimum atomic E-state index is -0.957. The number of aliphatic carboxylic acids is 1. The molecule has 2 amide bonds. The SMILES string of the molecule is COc1ccccc1CCC(=O)N1C[C@@H](C(=O)O)C[C@@H](C(=O)NC2CC2)C1. The number of rotatable bonds is 7. The number of amides is 2. The number of nitrogens with one attached hydrogen (secondary N) is 1. The number of hydrogen-bond donors (Lipinski definition) is 2. The van der Waals surface area contributed by atoms with E-state index in [0.29, 0.717) is 6.42 Å². The van der Waals surface area contributed by atoms with E-state index in [1.54, 1.807) is 7.11 Å². The van der Waals surface area contributed by atoms with E-state index in [-0.39, 0.29) is 43.8 Å². The largest absolute Gasteiger partial charge is 0.496 e. The Kier molecular flexibility index (Phi) is 5.98. The molecule has 2 fully saturated rings. The lowest BCUT2D eigenvalue weighted by atomic mass is 9.88. The number of benzene rings is 1. The lowest BCUT2D eigenvalue weighted by molar-refractivity contribution is -0.148. The minimum Gasteiger partial charge on any atom is -0.496 e. The van der Waals surface area contributed by atoms with E-state index in [9.17, 15) is 19.5 Å². The zero-order valence-corrected chi connectivity index (χ0v) is 15.5. The van der Waals surface area contributed by atoms with Crippen LogP contribution in [0.15, 0.2) is 24.3 Å². The average Bonchev–Trinajstić information content (AvgIpc) is 3.49. The molecule has 3 rings (SSSR count). The number of carboxylic acids is 1. The zero-order valence-electron chi connectivity index (χ0n) is 15.5. The van der Waals surface area contributed by atoms with Gasteiger partial charge in [0.05, 0.1) is 18.9 Å². The predicted molar refractivity (Wildman–Crippen MR) is 98.3 cm³/mol. The van der Waals surface area contributed by atoms with Gasteiger partial charge in [0, 0.05) is 25.6 Å². The molecule has 7 nitrogen and oxygen atoms in total. The van der Waals surface area contributed by atoms with E-state index in [1.807, 2.05) is 24.3 Å². The fraction of sp³-hybridized carbons (Fsp3) is 0.550. The highest BCUT2D eigenvalue weighted by Crippen LogP contribution is 2.26. The van der Waals surface area contributed by atoms with Crippen LogP contribution in [0.2, 0.25) is 0 Å². The van der Waals surface area contributed by atoms with Crippen LogP contribution in [0.3, 0.4) is 0 Å². The Hall–Kier alpha value is -2.57. The molecule has 2 N–H and O–H groups in total. The number of aryl methyl sites for hydroxylation is 1. The van der Waals surface area contributed by atoms with E-state index >= 15 is 0 Å². The first-order valence-electron chi connectivity index (χ1n) is 9.40. The predicted octanol–water partition coefficient (Wildman–Crippen LogP) is 1.46. The van der Waals surface area contributed by atoms with Gasteiger partial charge in [-0.3, -0.25) is 14.4 Å². The van der Waals surface area contributed by atoms with Crippen molar-refractivity contribution >= 4 is 17.8 Å². The van der Waals surface area contributed by atoms with E-state index in [0.717, 1.165) is 24.2 Å². The van der Waals surface area contributed by atoms with Crippen molar-refractivity contribution in [1.82, 2.24) is 10.2 Å². The minimum absolute atomic E-state index is 0.129. The van der Waals surface area contributed by atoms with Crippen LogP contribution in [0.25, 0.3) is 0 Å². The van der Waals surface area contributed by atoms with Gasteiger partial charge in [-0.25, -0.2) is 0 Å². The normalized spacial score (nSPS) is 22.2. The van der Waals surface area contributed by atoms with Crippen LogP contribution in [0, 0.1) is 11.8 Å². The van der Waals surface area contributed by atoms with Crippen LogP contribution in [0.4, 0.5) is 0 Å². The molecule has 2 atom stereocenters. The monoisotopic (exact) mass is 374 g/mol. The van der Waals surface area contributed by atoms with Gasteiger partial charge in [0.25, 0.3) is 0 Å². The third kappa shape index (κ3) is 4.99. The van der Waals surface area contributed by atoms with Gasteiger partial charge < -0.3 is 20.1 Å². The zero-order chi connectivity index (χ0) is 19.4. The second kappa shape index (κ2) is 8.41. The molecule has 1 aromatic carbocycles. The maximum atomic E-state index is 12.7. The summed E-state index contributed by atoms with van der Waals surface area (Å²) in [7, 11) is 1.59. The second-order valence-corrected chi connectivity index (χ2v) is 7.36. The Balaban J connectivity index is 1.62. The molecule has 0 radical (unpaired) electrons. The topological polar surface area (TPSA) is 95.9 Å². The van der Waals surface area contributed by atoms with Gasteiger partial charge in [0.1, 0.15) is 5.75 Å². The van der Waals surface area contributed by atoms with Gasteiger partial charge in [0.2, 0.25) is 11.8 Å². The molecule has 7 heteroatoms. The molecule has 146 valence electrons. The fourth-order valence-electron chi connectivity index (χ4n) is 3.53. The second-order valence-electron chi connectivity index (χ2n) is 7.36. The van der Waals surface area contributed by atoms with E-state index < -0.39 is 17.8 Å². The van der Waals surface area contributed by atoms with Crippen LogP contribution in [0.5, 0.6) is 5.75 Å². The fourth-order valence-corrected chi connectivity index (χ4v) is 3.53. The van der Waals surface area contributed by atoms with Crippen molar-refractivity contribution in [2.45, 2.75) is 38.1 Å². The summed E-state index contributed by atoms with van der Waals surface area (Å²) in [5.74, 6) is -1.66. The molecular weight excluding hydrogens is 348 g/mol. The number of ether oxygens (including phenoxy) is 1. The summed E-state index contributed by atoms with van der Waals surface area (Å²) in [6.45, 7) is 0.445. The number of carbonyl (C=O) groups excluding carboxylic acids is 2. The smallest absolute Gasteiger partial charge is 0.308 e. The lowest BCUT2D eigenvalue weighted by Gasteiger charge is -2.35. The number of nitrogens with zero attached hydrogens (tertiary/aromatic N) is 1. The van der Waals surface area contributed by atoms with Crippen LogP contribution in [-0.2, 0) is 20.8 Å². The maximum Gasteiger partial charge on any atom is 0.308 e. The Morgan fingerprint density at radius 1 is 1.19 bits per heavy atom. The third-order valence-corrected chi connectivity index (χ3v) is 5.25. The Labute approximate surface area is 158 Å². The molecule has 0 bridgehead atoms. The highest BCUT2D eigenvalue weighted by Gasteiger charge is 2.38. The lowest BCUT2D eigenvalue weighted by Crippen LogP contribution is -2.50. The molecule has 2 aliphatic rings. The Bertz CT molecular complexity index is 716. The van der Waals surface area contributed by atoms with Crippen molar-refractivity contribution in [3.05, 3.63) is 29.8 Å². The molecule has 27 heavy (non-hydrogen) atoms. The number of piperidine rings is 1. The first-order valence-corrected chi connectivity index (χ1v) is 9.40. The first kappa shape index (κ1) is 19.2. The van der Waals surface area contributed by atoms with Crippen LogP contribution in [-0.4, -0.2) is 54.0 Å². The maximum absolute atomic E-state index is 12.7. The van der Waals surface area contributed by atoms with Crippen LogP contribution < -0.4 is 10.1 Å². The van der Waals surface area contributed by atoms with Crippen molar-refractivity contribution in [3.63, 3.8) is 0 Å². The molecule has 1 aromatic rings. The third-order valence-electron chi connectivity index (χ3n) is 5.25. The van der Waals surface area contributed by atoms with Gasteiger partial charge in [-0.1, -0.05) is 18.2 Å². The Morgan fingerprint density at radius 2 is 1.89 bits per heavy atom. The number of carbonyl (C=O) groups is 3. The molecular formula is C20H26N2O5. The molecule has 0 spiro atoms. The van der Waals surface area contributed by atoms with E-state index in [4.69, 9.17) is 4.74 Å². The average molecular weight is 374 g/mol. The summed E-state index contributed by atoms with van der Waals surface area (Å²) in [4.78, 5) is 38.1. The number of carboxylic acid groups (broad SMARTS) is 1. The quantitative estimate of drug-likeness (QED) is 0.753. The van der Waals surface area contributed by atoms with E-state index in [2.05, 4.69) is 5.32 Å². The van der Waals surface area contributed by atoms with Gasteiger partial charge in [0.15, 0.2) is 0 Å². The van der Waals surface area contributed by atoms with Crippen molar-refractivity contribution in [2.75, 3.05) is 20.2 Å². The first-order chi connectivity index (χ1) is 13.0. The summed E-state index contributed by atoms with van der Waals surface area (Å²) in [5.41, 5.74) is 0.933. The van der Waals surface area contributed by atoms with Gasteiger partial charge >= 0.3 is 5.97 Å². The number of hydrogen-bond acceptors (Lipinski definition) is 4. The summed E-state index contributed by atoms with van der Waals surface area (Å²) < 4.78 is 5.31. The summed E-state index contributed by atoms with van der Waals surface area (Å²) in [6.07, 6.45) is 2.99. The standard InChI is InChI=1S/C20H26N2O5/c1-27-17-5-3-2-4-13(17)6-9-18(23)22-11-14(10-15(12-22)20(25)26)19(24)21-16-7-8-16/h2-5,14-16H,6-12H2,1H3,(H,21,24)(H,25,26)/t14-,15+/m1/s1. The van der Waals surface area contributed by atoms with Gasteiger partial charge in [-0.15, -0.1) is 0 Å². The van der Waals surface area contributed by atoms with Crippen molar-refractivity contribution in [1.29, 1.82) is 0 Å². The van der Waals surface area contributed by atoms with Crippen molar-refractivity contribution in [2.24, 2.45) is 11.8 Å². The van der Waals surface area contributed by atoms with Crippen LogP contribution in [0.1, 0.15) is 31.2 Å². The highest BCUT2D eigenvalue weighted by atomic mass is 16.5. The molecule has 1 saturated heterocycles. The van der Waals surface area contributed by atoms with Gasteiger partial charge in [-0.2, -0.15) is 0 Å². The molecule has 0 aromatic heterocycles. The van der Waals surface area contributed by atoms with Crippen molar-refractivity contribution in [3.8, 4) is 5.75 Å². The molecule has 1 heterocycles. The Morgan fingerprint density at radius 3 is 2.56 bits per heavy atom. The summed E-state index contributed by atoms with van der Waals surface area (Å²) in [6, 6.07) is 7.74. The summed E-state index contributed by atoms with van der Waals surface area (Å²) in [5, 5.41) is 12.4. The van der Waals surface area contributed by atoms with Crippen molar-refractivity contribution < 1.29 is 24.2 Å². The van der Waals surface area contributed by atoms with Crippen LogP contribution >= 0.6 is 0 Å². The van der Waals surface area contributed by atoms with Gasteiger partial charge in [-0.05, 0) is 37.3 Å². The number of para-hydroxylation sites is 1. The highest BCUT2D eigenvalue weighted by molar-refractivity contribution is 5.83. The number of likely N-dealkylation sites (tertiary alicyclic amines) is 1. The number of methoxy groups -OCH3 is 1. The molecule has 0 unspecified atom stereocenters. The summed E-state index contributed by atoms with van der Waals surface area (Å²) >= 11 is 0. The molecule has 1 aliphatic heterocycles.